The summed E-state index contributed by atoms with van der Waals surface area (Å²) in [4.78, 5) is 4.19. The number of rotatable bonds is 8. The van der Waals surface area contributed by atoms with Crippen LogP contribution in [0.5, 0.6) is 5.75 Å². The number of hydrogen-bond donors (Lipinski definition) is 2. The molecule has 0 bridgehead atoms. The number of ether oxygens (including phenoxy) is 2. The van der Waals surface area contributed by atoms with Crippen molar-refractivity contribution >= 4 is 29.9 Å². The second-order valence-corrected chi connectivity index (χ2v) is 5.52. The fraction of sp³-hybridized carbons (Fsp3) is 0.588. The Morgan fingerprint density at radius 1 is 1.29 bits per heavy atom. The largest absolute Gasteiger partial charge is 0.494 e. The van der Waals surface area contributed by atoms with E-state index in [0.29, 0.717) is 18.5 Å². The van der Waals surface area contributed by atoms with Crippen molar-refractivity contribution in [1.82, 2.24) is 10.6 Å². The quantitative estimate of drug-likeness (QED) is 0.276. The van der Waals surface area contributed by atoms with E-state index < -0.39 is 0 Å². The van der Waals surface area contributed by atoms with E-state index in [1.165, 1.54) is 12.1 Å². The highest BCUT2D eigenvalue weighted by Gasteiger charge is 2.15. The van der Waals surface area contributed by atoms with E-state index in [1.807, 2.05) is 0 Å². The molecule has 24 heavy (non-hydrogen) atoms. The molecule has 1 saturated heterocycles. The molecule has 0 aromatic heterocycles. The second kappa shape index (κ2) is 12.3. The standard InChI is InChI=1S/C17H26FN3O2.HI/c1-19-17(21-13-16-5-4-12-23-16)20-10-2-3-11-22-15-8-6-14(18)7-9-15;/h6-9,16H,2-5,10-13H2,1H3,(H2,19,20,21);1H. The lowest BCUT2D eigenvalue weighted by atomic mass is 10.2. The van der Waals surface area contributed by atoms with Crippen LogP contribution >= 0.6 is 24.0 Å². The first-order valence-electron chi connectivity index (χ1n) is 8.22. The lowest BCUT2D eigenvalue weighted by molar-refractivity contribution is 0.114. The Labute approximate surface area is 160 Å². The Morgan fingerprint density at radius 2 is 2.08 bits per heavy atom. The summed E-state index contributed by atoms with van der Waals surface area (Å²) in [6, 6.07) is 6.09. The van der Waals surface area contributed by atoms with Crippen LogP contribution in [-0.2, 0) is 4.74 Å². The van der Waals surface area contributed by atoms with E-state index >= 15 is 0 Å². The maximum Gasteiger partial charge on any atom is 0.191 e. The second-order valence-electron chi connectivity index (χ2n) is 5.52. The topological polar surface area (TPSA) is 54.9 Å². The van der Waals surface area contributed by atoms with Crippen molar-refractivity contribution in [3.63, 3.8) is 0 Å². The number of halogens is 2. The van der Waals surface area contributed by atoms with Crippen molar-refractivity contribution in [3.05, 3.63) is 30.1 Å². The molecule has 1 aliphatic heterocycles. The van der Waals surface area contributed by atoms with Gasteiger partial charge in [-0.3, -0.25) is 4.99 Å². The van der Waals surface area contributed by atoms with Crippen LogP contribution in [0.3, 0.4) is 0 Å². The molecular formula is C17H27FIN3O2. The molecule has 2 rings (SSSR count). The summed E-state index contributed by atoms with van der Waals surface area (Å²) in [5, 5.41) is 6.56. The van der Waals surface area contributed by atoms with Crippen LogP contribution in [0.2, 0.25) is 0 Å². The molecule has 0 amide bonds. The molecule has 1 atom stereocenters. The molecule has 1 fully saturated rings. The van der Waals surface area contributed by atoms with Gasteiger partial charge in [-0.25, -0.2) is 4.39 Å². The highest BCUT2D eigenvalue weighted by molar-refractivity contribution is 14.0. The molecule has 1 heterocycles. The first kappa shape index (κ1) is 21.0. The van der Waals surface area contributed by atoms with Gasteiger partial charge in [0.25, 0.3) is 0 Å². The van der Waals surface area contributed by atoms with Crippen LogP contribution in [0.1, 0.15) is 25.7 Å². The van der Waals surface area contributed by atoms with E-state index in [4.69, 9.17) is 9.47 Å². The summed E-state index contributed by atoms with van der Waals surface area (Å²) in [6.07, 6.45) is 4.46. The van der Waals surface area contributed by atoms with Crippen LogP contribution in [0.4, 0.5) is 4.39 Å². The molecule has 0 aliphatic carbocycles. The number of hydrogen-bond acceptors (Lipinski definition) is 3. The van der Waals surface area contributed by atoms with Crippen LogP contribution in [0.15, 0.2) is 29.3 Å². The monoisotopic (exact) mass is 451 g/mol. The Kier molecular flexibility index (Phi) is 10.7. The Balaban J connectivity index is 0.00000288. The summed E-state index contributed by atoms with van der Waals surface area (Å²) >= 11 is 0. The smallest absolute Gasteiger partial charge is 0.191 e. The number of aliphatic imine (C=N–C) groups is 1. The maximum atomic E-state index is 12.8. The van der Waals surface area contributed by atoms with Gasteiger partial charge < -0.3 is 20.1 Å². The first-order valence-corrected chi connectivity index (χ1v) is 8.22. The van der Waals surface area contributed by atoms with Gasteiger partial charge in [0.1, 0.15) is 11.6 Å². The SMILES string of the molecule is CN=C(NCCCCOc1ccc(F)cc1)NCC1CCCO1.I. The fourth-order valence-corrected chi connectivity index (χ4v) is 2.39. The third-order valence-corrected chi connectivity index (χ3v) is 3.69. The van der Waals surface area contributed by atoms with Gasteiger partial charge in [0.15, 0.2) is 5.96 Å². The van der Waals surface area contributed by atoms with Crippen molar-refractivity contribution in [1.29, 1.82) is 0 Å². The van der Waals surface area contributed by atoms with E-state index in [-0.39, 0.29) is 29.8 Å². The molecule has 0 spiro atoms. The molecule has 2 N–H and O–H groups in total. The van der Waals surface area contributed by atoms with Gasteiger partial charge in [0, 0.05) is 26.7 Å². The first-order chi connectivity index (χ1) is 11.3. The van der Waals surface area contributed by atoms with Gasteiger partial charge in [-0.05, 0) is 49.9 Å². The minimum Gasteiger partial charge on any atom is -0.494 e. The number of unbranched alkanes of at least 4 members (excludes halogenated alkanes) is 1. The predicted octanol–water partition coefficient (Wildman–Crippen LogP) is 2.95. The summed E-state index contributed by atoms with van der Waals surface area (Å²) in [6.45, 7) is 3.12. The number of nitrogens with one attached hydrogen (secondary N) is 2. The number of guanidine groups is 1. The zero-order chi connectivity index (χ0) is 16.3. The summed E-state index contributed by atoms with van der Waals surface area (Å²) in [5.74, 6) is 1.26. The van der Waals surface area contributed by atoms with Crippen LogP contribution < -0.4 is 15.4 Å². The number of benzene rings is 1. The zero-order valence-corrected chi connectivity index (χ0v) is 16.4. The van der Waals surface area contributed by atoms with Gasteiger partial charge in [0.2, 0.25) is 0 Å². The molecule has 0 radical (unpaired) electrons. The van der Waals surface area contributed by atoms with E-state index in [2.05, 4.69) is 15.6 Å². The van der Waals surface area contributed by atoms with Crippen LogP contribution in [0, 0.1) is 5.82 Å². The average molecular weight is 451 g/mol. The molecule has 1 aliphatic rings. The van der Waals surface area contributed by atoms with Crippen molar-refractivity contribution in [2.24, 2.45) is 4.99 Å². The molecule has 136 valence electrons. The van der Waals surface area contributed by atoms with E-state index in [1.54, 1.807) is 19.2 Å². The fourth-order valence-electron chi connectivity index (χ4n) is 2.39. The van der Waals surface area contributed by atoms with Gasteiger partial charge in [-0.1, -0.05) is 0 Å². The maximum absolute atomic E-state index is 12.8. The minimum atomic E-state index is -0.247. The van der Waals surface area contributed by atoms with Crippen LogP contribution in [-0.4, -0.2) is 45.4 Å². The summed E-state index contributed by atoms with van der Waals surface area (Å²) < 4.78 is 23.9. The summed E-state index contributed by atoms with van der Waals surface area (Å²) in [7, 11) is 1.77. The lowest BCUT2D eigenvalue weighted by Gasteiger charge is -2.15. The van der Waals surface area contributed by atoms with Crippen molar-refractivity contribution < 1.29 is 13.9 Å². The van der Waals surface area contributed by atoms with Crippen LogP contribution in [0.25, 0.3) is 0 Å². The van der Waals surface area contributed by atoms with Gasteiger partial charge in [0.05, 0.1) is 12.7 Å². The molecule has 5 nitrogen and oxygen atoms in total. The average Bonchev–Trinajstić information content (AvgIpc) is 3.08. The molecule has 1 aromatic rings. The van der Waals surface area contributed by atoms with E-state index in [9.17, 15) is 4.39 Å². The van der Waals surface area contributed by atoms with Gasteiger partial charge >= 0.3 is 0 Å². The summed E-state index contributed by atoms with van der Waals surface area (Å²) in [5.41, 5.74) is 0. The van der Waals surface area contributed by atoms with Gasteiger partial charge in [-0.15, -0.1) is 24.0 Å². The minimum absolute atomic E-state index is 0. The highest BCUT2D eigenvalue weighted by Crippen LogP contribution is 2.11. The molecule has 1 aromatic carbocycles. The Bertz CT molecular complexity index is 479. The lowest BCUT2D eigenvalue weighted by Crippen LogP contribution is -2.41. The molecule has 7 heteroatoms. The predicted molar refractivity (Wildman–Crippen MR) is 105 cm³/mol. The van der Waals surface area contributed by atoms with E-state index in [0.717, 1.165) is 51.3 Å². The van der Waals surface area contributed by atoms with Crippen molar-refractivity contribution in [3.8, 4) is 5.75 Å². The van der Waals surface area contributed by atoms with Crippen molar-refractivity contribution in [2.75, 3.05) is 33.4 Å². The van der Waals surface area contributed by atoms with Crippen molar-refractivity contribution in [2.45, 2.75) is 31.8 Å². The Morgan fingerprint density at radius 3 is 2.75 bits per heavy atom. The highest BCUT2D eigenvalue weighted by atomic mass is 127. The number of nitrogens with zero attached hydrogens (tertiary/aromatic N) is 1. The Hall–Kier alpha value is -1.09. The molecule has 1 unspecified atom stereocenters. The normalized spacial score (nSPS) is 17.2. The zero-order valence-electron chi connectivity index (χ0n) is 14.1. The van der Waals surface area contributed by atoms with Gasteiger partial charge in [-0.2, -0.15) is 0 Å². The molecular weight excluding hydrogens is 424 g/mol. The third-order valence-electron chi connectivity index (χ3n) is 3.69. The third kappa shape index (κ3) is 8.14. The molecule has 0 saturated carbocycles.